The molecule has 1 rings (SSSR count). The summed E-state index contributed by atoms with van der Waals surface area (Å²) in [6.07, 6.45) is -0.211. The molecule has 1 atom stereocenters. The van der Waals surface area contributed by atoms with Crippen LogP contribution in [0.25, 0.3) is 0 Å². The molecule has 0 aliphatic carbocycles. The Labute approximate surface area is 111 Å². The van der Waals surface area contributed by atoms with Crippen LogP contribution in [0.4, 0.5) is 8.78 Å². The molecule has 0 saturated heterocycles. The molecule has 3 nitrogen and oxygen atoms in total. The lowest BCUT2D eigenvalue weighted by Crippen LogP contribution is -2.45. The second kappa shape index (κ2) is 6.10. The highest BCUT2D eigenvalue weighted by Gasteiger charge is 2.35. The van der Waals surface area contributed by atoms with E-state index in [1.807, 2.05) is 18.7 Å². The van der Waals surface area contributed by atoms with Gasteiger partial charge in [-0.3, -0.25) is 9.69 Å². The van der Waals surface area contributed by atoms with Crippen molar-refractivity contribution in [3.8, 4) is 0 Å². The largest absolute Gasteiger partial charge is 0.481 e. The van der Waals surface area contributed by atoms with E-state index in [-0.39, 0.29) is 6.42 Å². The molecular weight excluding hydrogens is 252 g/mol. The monoisotopic (exact) mass is 271 g/mol. The van der Waals surface area contributed by atoms with Crippen LogP contribution in [0.3, 0.4) is 0 Å². The molecule has 0 amide bonds. The predicted molar refractivity (Wildman–Crippen MR) is 68.9 cm³/mol. The average Bonchev–Trinajstić information content (AvgIpc) is 2.28. The van der Waals surface area contributed by atoms with Crippen LogP contribution in [0.1, 0.15) is 32.8 Å². The topological polar surface area (TPSA) is 40.5 Å². The lowest BCUT2D eigenvalue weighted by atomic mass is 9.86. The van der Waals surface area contributed by atoms with Crippen molar-refractivity contribution in [1.82, 2.24) is 4.90 Å². The zero-order valence-electron chi connectivity index (χ0n) is 11.4. The zero-order valence-corrected chi connectivity index (χ0v) is 11.4. The van der Waals surface area contributed by atoms with Crippen LogP contribution in [-0.2, 0) is 10.3 Å². The second-order valence-corrected chi connectivity index (χ2v) is 4.67. The number of hydrogen-bond donors (Lipinski definition) is 1. The van der Waals surface area contributed by atoms with Crippen molar-refractivity contribution in [2.45, 2.75) is 32.7 Å². The summed E-state index contributed by atoms with van der Waals surface area (Å²) in [4.78, 5) is 13.0. The molecule has 5 heteroatoms. The molecule has 0 saturated carbocycles. The summed E-state index contributed by atoms with van der Waals surface area (Å²) in [5.41, 5.74) is -0.589. The van der Waals surface area contributed by atoms with Crippen molar-refractivity contribution in [3.05, 3.63) is 35.4 Å². The van der Waals surface area contributed by atoms with Crippen molar-refractivity contribution >= 4 is 5.97 Å². The lowest BCUT2D eigenvalue weighted by Gasteiger charge is -2.40. The molecule has 1 aromatic rings. The standard InChI is InChI=1S/C14H19F2NO2/c1-4-17(5-2)14(3,9-13(18)19)10-6-11(15)8-12(16)7-10/h6-8H,4-5,9H2,1-3H3,(H,18,19). The molecule has 0 aliphatic rings. The Kier molecular flexibility index (Phi) is 5.00. The smallest absolute Gasteiger partial charge is 0.305 e. The molecule has 0 aliphatic heterocycles. The van der Waals surface area contributed by atoms with E-state index in [1.165, 1.54) is 12.1 Å². The summed E-state index contributed by atoms with van der Waals surface area (Å²) in [6, 6.07) is 3.18. The third-order valence-corrected chi connectivity index (χ3v) is 3.44. The van der Waals surface area contributed by atoms with E-state index in [0.29, 0.717) is 18.7 Å². The van der Waals surface area contributed by atoms with Gasteiger partial charge in [-0.2, -0.15) is 0 Å². The van der Waals surface area contributed by atoms with E-state index in [0.717, 1.165) is 6.07 Å². The summed E-state index contributed by atoms with van der Waals surface area (Å²) < 4.78 is 26.7. The highest BCUT2D eigenvalue weighted by molar-refractivity contribution is 5.68. The molecule has 0 heterocycles. The van der Waals surface area contributed by atoms with Crippen LogP contribution >= 0.6 is 0 Å². The van der Waals surface area contributed by atoms with Crippen LogP contribution in [-0.4, -0.2) is 29.1 Å². The summed E-state index contributed by atoms with van der Waals surface area (Å²) in [5, 5.41) is 9.07. The molecule has 0 aromatic heterocycles. The van der Waals surface area contributed by atoms with Crippen molar-refractivity contribution in [3.63, 3.8) is 0 Å². The van der Waals surface area contributed by atoms with Crippen molar-refractivity contribution in [2.24, 2.45) is 0 Å². The number of benzene rings is 1. The number of carbonyl (C=O) groups is 1. The number of carboxylic acids is 1. The van der Waals surface area contributed by atoms with Crippen LogP contribution in [0.2, 0.25) is 0 Å². The quantitative estimate of drug-likeness (QED) is 0.864. The van der Waals surface area contributed by atoms with E-state index in [4.69, 9.17) is 5.11 Å². The minimum Gasteiger partial charge on any atom is -0.481 e. The Bertz CT molecular complexity index is 441. The summed E-state index contributed by atoms with van der Waals surface area (Å²) in [6.45, 7) is 6.66. The van der Waals surface area contributed by atoms with Gasteiger partial charge in [-0.05, 0) is 37.7 Å². The fraction of sp³-hybridized carbons (Fsp3) is 0.500. The predicted octanol–water partition coefficient (Wildman–Crippen LogP) is 3.00. The Hall–Kier alpha value is -1.49. The van der Waals surface area contributed by atoms with Gasteiger partial charge in [-0.25, -0.2) is 8.78 Å². The first-order valence-corrected chi connectivity index (χ1v) is 6.27. The highest BCUT2D eigenvalue weighted by atomic mass is 19.1. The molecule has 19 heavy (non-hydrogen) atoms. The fourth-order valence-electron chi connectivity index (χ4n) is 2.48. The van der Waals surface area contributed by atoms with E-state index in [9.17, 15) is 13.6 Å². The molecule has 0 fully saturated rings. The third kappa shape index (κ3) is 3.50. The SMILES string of the molecule is CCN(CC)C(C)(CC(=O)O)c1cc(F)cc(F)c1. The van der Waals surface area contributed by atoms with E-state index >= 15 is 0 Å². The number of carboxylic acid groups (broad SMARTS) is 1. The Morgan fingerprint density at radius 1 is 1.21 bits per heavy atom. The van der Waals surface area contributed by atoms with Gasteiger partial charge in [0.2, 0.25) is 0 Å². The summed E-state index contributed by atoms with van der Waals surface area (Å²) in [7, 11) is 0. The second-order valence-electron chi connectivity index (χ2n) is 4.67. The number of rotatable bonds is 6. The molecule has 106 valence electrons. The number of aliphatic carboxylic acids is 1. The Morgan fingerprint density at radius 3 is 2.05 bits per heavy atom. The van der Waals surface area contributed by atoms with Gasteiger partial charge in [0.05, 0.1) is 12.0 Å². The first-order chi connectivity index (χ1) is 8.83. The number of nitrogens with zero attached hydrogens (tertiary/aromatic N) is 1. The van der Waals surface area contributed by atoms with Gasteiger partial charge in [0.1, 0.15) is 11.6 Å². The highest BCUT2D eigenvalue weighted by Crippen LogP contribution is 2.32. The van der Waals surface area contributed by atoms with Gasteiger partial charge in [0, 0.05) is 6.07 Å². The number of halogens is 2. The summed E-state index contributed by atoms with van der Waals surface area (Å²) >= 11 is 0. The minimum absolute atomic E-state index is 0.211. The van der Waals surface area contributed by atoms with Gasteiger partial charge in [0.25, 0.3) is 0 Å². The zero-order chi connectivity index (χ0) is 14.6. The number of hydrogen-bond acceptors (Lipinski definition) is 2. The van der Waals surface area contributed by atoms with E-state index in [1.54, 1.807) is 6.92 Å². The Balaban J connectivity index is 3.32. The van der Waals surface area contributed by atoms with E-state index in [2.05, 4.69) is 0 Å². The van der Waals surface area contributed by atoms with Crippen LogP contribution in [0.15, 0.2) is 18.2 Å². The third-order valence-electron chi connectivity index (χ3n) is 3.44. The van der Waals surface area contributed by atoms with Gasteiger partial charge in [0.15, 0.2) is 0 Å². The minimum atomic E-state index is -1.00. The van der Waals surface area contributed by atoms with Crippen molar-refractivity contribution in [2.75, 3.05) is 13.1 Å². The molecule has 1 aromatic carbocycles. The average molecular weight is 271 g/mol. The van der Waals surface area contributed by atoms with Gasteiger partial charge < -0.3 is 5.11 Å². The van der Waals surface area contributed by atoms with Crippen molar-refractivity contribution < 1.29 is 18.7 Å². The first kappa shape index (κ1) is 15.6. The molecular formula is C14H19F2NO2. The van der Waals surface area contributed by atoms with Crippen LogP contribution < -0.4 is 0 Å². The molecule has 1 unspecified atom stereocenters. The van der Waals surface area contributed by atoms with E-state index < -0.39 is 23.1 Å². The van der Waals surface area contributed by atoms with Crippen molar-refractivity contribution in [1.29, 1.82) is 0 Å². The molecule has 1 N–H and O–H groups in total. The maximum atomic E-state index is 13.4. The van der Waals surface area contributed by atoms with Crippen LogP contribution in [0.5, 0.6) is 0 Å². The molecule has 0 radical (unpaired) electrons. The normalized spacial score (nSPS) is 14.4. The van der Waals surface area contributed by atoms with Gasteiger partial charge in [-0.15, -0.1) is 0 Å². The van der Waals surface area contributed by atoms with Gasteiger partial charge >= 0.3 is 5.97 Å². The maximum Gasteiger partial charge on any atom is 0.305 e. The fourth-order valence-corrected chi connectivity index (χ4v) is 2.48. The maximum absolute atomic E-state index is 13.4. The lowest BCUT2D eigenvalue weighted by molar-refractivity contribution is -0.140. The van der Waals surface area contributed by atoms with Crippen LogP contribution in [0, 0.1) is 11.6 Å². The Morgan fingerprint density at radius 2 is 1.68 bits per heavy atom. The summed E-state index contributed by atoms with van der Waals surface area (Å²) in [5.74, 6) is -2.39. The molecule has 0 bridgehead atoms. The first-order valence-electron chi connectivity index (χ1n) is 6.27. The van der Waals surface area contributed by atoms with Gasteiger partial charge in [-0.1, -0.05) is 13.8 Å². The molecule has 0 spiro atoms.